The molecule has 2 aromatic carbocycles. The van der Waals surface area contributed by atoms with Crippen molar-refractivity contribution >= 4 is 28.1 Å². The van der Waals surface area contributed by atoms with Gasteiger partial charge in [0.2, 0.25) is 0 Å². The summed E-state index contributed by atoms with van der Waals surface area (Å²) in [6.07, 6.45) is 0. The summed E-state index contributed by atoms with van der Waals surface area (Å²) < 4.78 is 19.1. The lowest BCUT2D eigenvalue weighted by Crippen LogP contribution is -2.30. The summed E-state index contributed by atoms with van der Waals surface area (Å²) in [5.41, 5.74) is 1.64. The molecule has 1 N–H and O–H groups in total. The number of hydrogen-bond donors (Lipinski definition) is 1. The molecule has 7 heteroatoms. The van der Waals surface area contributed by atoms with Crippen molar-refractivity contribution in [1.29, 1.82) is 0 Å². The fourth-order valence-corrected chi connectivity index (χ4v) is 3.31. The number of halogens is 1. The third kappa shape index (κ3) is 4.25. The van der Waals surface area contributed by atoms with E-state index in [-0.39, 0.29) is 11.7 Å². The van der Waals surface area contributed by atoms with Crippen molar-refractivity contribution in [2.45, 2.75) is 13.0 Å². The first-order valence-corrected chi connectivity index (χ1v) is 9.25. The maximum atomic E-state index is 14.0. The van der Waals surface area contributed by atoms with E-state index >= 15 is 0 Å². The Morgan fingerprint density at radius 2 is 1.93 bits per heavy atom. The highest BCUT2D eigenvalue weighted by Crippen LogP contribution is 2.26. The lowest BCUT2D eigenvalue weighted by Gasteiger charge is -2.24. The highest BCUT2D eigenvalue weighted by atomic mass is 32.1. The highest BCUT2D eigenvalue weighted by molar-refractivity contribution is 7.14. The molecule has 1 atom stereocenters. The topological polar surface area (TPSA) is 54.5 Å². The molecular weight excluding hydrogens is 365 g/mol. The summed E-state index contributed by atoms with van der Waals surface area (Å²) in [6.45, 7) is 1.79. The monoisotopic (exact) mass is 385 g/mol. The lowest BCUT2D eigenvalue weighted by molar-refractivity contribution is 0.0735. The van der Waals surface area contributed by atoms with Gasteiger partial charge in [-0.2, -0.15) is 0 Å². The van der Waals surface area contributed by atoms with Crippen molar-refractivity contribution in [3.63, 3.8) is 0 Å². The molecule has 1 heterocycles. The molecule has 1 aromatic heterocycles. The number of aromatic nitrogens is 1. The van der Waals surface area contributed by atoms with Crippen LogP contribution in [0.2, 0.25) is 0 Å². The largest absolute Gasteiger partial charge is 0.497 e. The van der Waals surface area contributed by atoms with Crippen molar-refractivity contribution in [1.82, 2.24) is 9.88 Å². The van der Waals surface area contributed by atoms with Crippen LogP contribution in [0.25, 0.3) is 0 Å². The fourth-order valence-electron chi connectivity index (χ4n) is 2.61. The number of carbonyl (C=O) groups is 1. The lowest BCUT2D eigenvalue weighted by atomic mass is 10.1. The normalized spacial score (nSPS) is 11.7. The Bertz CT molecular complexity index is 927. The standard InChI is InChI=1S/C20H20FN3O2S/c1-13(16-6-4-5-7-17(16)21)24(2)19(25)18-12-27-20(23-18)22-14-8-10-15(26-3)11-9-14/h4-13H,1-3H3,(H,22,23). The summed E-state index contributed by atoms with van der Waals surface area (Å²) in [5.74, 6) is 0.175. The molecule has 1 amide bonds. The summed E-state index contributed by atoms with van der Waals surface area (Å²) in [6, 6.07) is 13.5. The summed E-state index contributed by atoms with van der Waals surface area (Å²) in [7, 11) is 3.26. The Morgan fingerprint density at radius 1 is 1.22 bits per heavy atom. The van der Waals surface area contributed by atoms with Crippen LogP contribution in [0.4, 0.5) is 15.2 Å². The van der Waals surface area contributed by atoms with Gasteiger partial charge in [-0.3, -0.25) is 4.79 Å². The number of amides is 1. The van der Waals surface area contributed by atoms with Crippen molar-refractivity contribution in [2.24, 2.45) is 0 Å². The Labute approximate surface area is 161 Å². The predicted octanol–water partition coefficient (Wildman–Crippen LogP) is 4.87. The van der Waals surface area contributed by atoms with Crippen molar-refractivity contribution in [3.8, 4) is 5.75 Å². The number of benzene rings is 2. The van der Waals surface area contributed by atoms with Gasteiger partial charge in [0.1, 0.15) is 17.3 Å². The van der Waals surface area contributed by atoms with E-state index in [4.69, 9.17) is 4.74 Å². The van der Waals surface area contributed by atoms with Gasteiger partial charge in [-0.1, -0.05) is 18.2 Å². The molecule has 3 aromatic rings. The zero-order valence-electron chi connectivity index (χ0n) is 15.3. The second-order valence-corrected chi connectivity index (χ2v) is 6.86. The minimum atomic E-state index is -0.404. The molecule has 0 saturated heterocycles. The maximum absolute atomic E-state index is 14.0. The van der Waals surface area contributed by atoms with Gasteiger partial charge in [-0.15, -0.1) is 11.3 Å². The first-order valence-electron chi connectivity index (χ1n) is 8.37. The van der Waals surface area contributed by atoms with Gasteiger partial charge >= 0.3 is 0 Å². The molecule has 0 radical (unpaired) electrons. The third-order valence-electron chi connectivity index (χ3n) is 4.32. The van der Waals surface area contributed by atoms with Gasteiger partial charge < -0.3 is 15.0 Å². The first kappa shape index (κ1) is 18.8. The molecule has 0 fully saturated rings. The molecule has 0 aliphatic carbocycles. The van der Waals surface area contributed by atoms with Crippen molar-refractivity contribution in [2.75, 3.05) is 19.5 Å². The Balaban J connectivity index is 1.71. The van der Waals surface area contributed by atoms with E-state index in [9.17, 15) is 9.18 Å². The number of nitrogens with one attached hydrogen (secondary N) is 1. The van der Waals surface area contributed by atoms with Crippen LogP contribution in [-0.2, 0) is 0 Å². The molecule has 3 rings (SSSR count). The van der Waals surface area contributed by atoms with Crippen LogP contribution >= 0.6 is 11.3 Å². The molecular formula is C20H20FN3O2S. The molecule has 27 heavy (non-hydrogen) atoms. The van der Waals surface area contributed by atoms with Crippen LogP contribution < -0.4 is 10.1 Å². The van der Waals surface area contributed by atoms with E-state index in [2.05, 4.69) is 10.3 Å². The second kappa shape index (κ2) is 8.18. The molecule has 0 bridgehead atoms. The maximum Gasteiger partial charge on any atom is 0.273 e. The Kier molecular flexibility index (Phi) is 5.71. The van der Waals surface area contributed by atoms with Crippen LogP contribution in [-0.4, -0.2) is 29.9 Å². The molecule has 1 unspecified atom stereocenters. The zero-order valence-corrected chi connectivity index (χ0v) is 16.1. The molecule has 0 aliphatic heterocycles. The molecule has 140 valence electrons. The summed E-state index contributed by atoms with van der Waals surface area (Å²) in [4.78, 5) is 18.6. The first-order chi connectivity index (χ1) is 13.0. The molecule has 0 saturated carbocycles. The number of methoxy groups -OCH3 is 1. The smallest absolute Gasteiger partial charge is 0.273 e. The number of thiazole rings is 1. The van der Waals surface area contributed by atoms with Crippen molar-refractivity contribution in [3.05, 3.63) is 71.0 Å². The summed E-state index contributed by atoms with van der Waals surface area (Å²) >= 11 is 1.34. The number of rotatable bonds is 6. The number of carbonyl (C=O) groups excluding carboxylic acids is 1. The fraction of sp³-hybridized carbons (Fsp3) is 0.200. The van der Waals surface area contributed by atoms with E-state index < -0.39 is 6.04 Å². The number of ether oxygens (including phenoxy) is 1. The van der Waals surface area contributed by atoms with Crippen LogP contribution in [0, 0.1) is 5.82 Å². The minimum Gasteiger partial charge on any atom is -0.497 e. The SMILES string of the molecule is COc1ccc(Nc2nc(C(=O)N(C)C(C)c3ccccc3F)cs2)cc1. The number of hydrogen-bond acceptors (Lipinski definition) is 5. The van der Waals surface area contributed by atoms with Gasteiger partial charge in [0, 0.05) is 23.7 Å². The van der Waals surface area contributed by atoms with E-state index in [1.54, 1.807) is 44.7 Å². The van der Waals surface area contributed by atoms with E-state index in [0.29, 0.717) is 16.4 Å². The highest BCUT2D eigenvalue weighted by Gasteiger charge is 2.23. The second-order valence-electron chi connectivity index (χ2n) is 6.00. The Morgan fingerprint density at radius 3 is 2.59 bits per heavy atom. The third-order valence-corrected chi connectivity index (χ3v) is 5.08. The molecule has 0 spiro atoms. The van der Waals surface area contributed by atoms with Gasteiger partial charge in [0.05, 0.1) is 13.2 Å². The quantitative estimate of drug-likeness (QED) is 0.658. The Hall–Kier alpha value is -2.93. The van der Waals surface area contributed by atoms with Crippen LogP contribution in [0.5, 0.6) is 5.75 Å². The molecule has 0 aliphatic rings. The zero-order chi connectivity index (χ0) is 19.4. The average molecular weight is 385 g/mol. The van der Waals surface area contributed by atoms with Crippen molar-refractivity contribution < 1.29 is 13.9 Å². The number of anilines is 2. The van der Waals surface area contributed by atoms with E-state index in [1.807, 2.05) is 24.3 Å². The van der Waals surface area contributed by atoms with E-state index in [1.165, 1.54) is 22.3 Å². The van der Waals surface area contributed by atoms with Gasteiger partial charge in [-0.25, -0.2) is 9.37 Å². The van der Waals surface area contributed by atoms with Crippen LogP contribution in [0.3, 0.4) is 0 Å². The summed E-state index contributed by atoms with van der Waals surface area (Å²) in [5, 5.41) is 5.46. The number of nitrogens with zero attached hydrogens (tertiary/aromatic N) is 2. The van der Waals surface area contributed by atoms with Gasteiger partial charge in [-0.05, 0) is 37.3 Å². The predicted molar refractivity (Wildman–Crippen MR) is 105 cm³/mol. The molecule has 5 nitrogen and oxygen atoms in total. The van der Waals surface area contributed by atoms with Crippen LogP contribution in [0.1, 0.15) is 29.0 Å². The van der Waals surface area contributed by atoms with Gasteiger partial charge in [0.15, 0.2) is 5.13 Å². The minimum absolute atomic E-state index is 0.259. The van der Waals surface area contributed by atoms with Gasteiger partial charge in [0.25, 0.3) is 5.91 Å². The average Bonchev–Trinajstić information content (AvgIpc) is 3.15. The van der Waals surface area contributed by atoms with E-state index in [0.717, 1.165) is 11.4 Å². The van der Waals surface area contributed by atoms with Crippen LogP contribution in [0.15, 0.2) is 53.9 Å².